The van der Waals surface area contributed by atoms with Gasteiger partial charge in [0.25, 0.3) is 5.91 Å². The molecule has 9 heteroatoms. The molecule has 0 spiro atoms. The van der Waals surface area contributed by atoms with Crippen molar-refractivity contribution in [1.82, 2.24) is 10.1 Å². The molecule has 34 heavy (non-hydrogen) atoms. The topological polar surface area (TPSA) is 114 Å². The molecule has 176 valence electrons. The first kappa shape index (κ1) is 24.8. The second kappa shape index (κ2) is 11.4. The van der Waals surface area contributed by atoms with Gasteiger partial charge in [0.2, 0.25) is 10.0 Å². The van der Waals surface area contributed by atoms with E-state index in [4.69, 9.17) is 0 Å². The van der Waals surface area contributed by atoms with Crippen LogP contribution in [0, 0.1) is 6.92 Å². The van der Waals surface area contributed by atoms with Crippen molar-refractivity contribution in [1.29, 1.82) is 0 Å². The van der Waals surface area contributed by atoms with Gasteiger partial charge in [-0.25, -0.2) is 18.6 Å². The van der Waals surface area contributed by atoms with Crippen LogP contribution in [0.4, 0.5) is 0 Å². The number of hydrogen-bond acceptors (Lipinski definition) is 6. The summed E-state index contributed by atoms with van der Waals surface area (Å²) in [6.45, 7) is 1.86. The van der Waals surface area contributed by atoms with Crippen LogP contribution in [-0.4, -0.2) is 39.7 Å². The number of aryl methyl sites for hydroxylation is 1. The van der Waals surface area contributed by atoms with Gasteiger partial charge >= 0.3 is 5.97 Å². The Hall–Kier alpha value is -3.82. The van der Waals surface area contributed by atoms with Gasteiger partial charge in [-0.1, -0.05) is 60.2 Å². The molecule has 3 aromatic rings. The number of carbonyl (C=O) groups is 2. The van der Waals surface area contributed by atoms with Gasteiger partial charge in [0.05, 0.1) is 23.8 Å². The van der Waals surface area contributed by atoms with Gasteiger partial charge < -0.3 is 4.74 Å². The van der Waals surface area contributed by atoms with E-state index in [0.29, 0.717) is 11.1 Å². The minimum absolute atomic E-state index is 0.0677. The van der Waals surface area contributed by atoms with Gasteiger partial charge in [0.15, 0.2) is 0 Å². The predicted molar refractivity (Wildman–Crippen MR) is 129 cm³/mol. The van der Waals surface area contributed by atoms with Crippen LogP contribution in [0.15, 0.2) is 88.9 Å². The Morgan fingerprint density at radius 1 is 0.971 bits per heavy atom. The minimum Gasteiger partial charge on any atom is -0.465 e. The van der Waals surface area contributed by atoms with E-state index in [0.717, 1.165) is 11.1 Å². The number of carbonyl (C=O) groups excluding carboxylic acids is 2. The first-order valence-corrected chi connectivity index (χ1v) is 11.9. The largest absolute Gasteiger partial charge is 0.465 e. The molecular formula is C25H25N3O5S. The number of hydrazone groups is 1. The number of nitrogens with zero attached hydrogens (tertiary/aromatic N) is 1. The fourth-order valence-electron chi connectivity index (χ4n) is 3.08. The number of hydrogen-bond donors (Lipinski definition) is 2. The molecule has 0 aliphatic heterocycles. The summed E-state index contributed by atoms with van der Waals surface area (Å²) < 4.78 is 32.9. The zero-order valence-electron chi connectivity index (χ0n) is 18.8. The van der Waals surface area contributed by atoms with Crippen LogP contribution in [0.25, 0.3) is 0 Å². The Labute approximate surface area is 198 Å². The lowest BCUT2D eigenvalue weighted by Gasteiger charge is -2.17. The highest BCUT2D eigenvalue weighted by Gasteiger charge is 2.26. The second-order valence-corrected chi connectivity index (χ2v) is 9.24. The summed E-state index contributed by atoms with van der Waals surface area (Å²) >= 11 is 0. The Balaban J connectivity index is 1.74. The lowest BCUT2D eigenvalue weighted by atomic mass is 10.1. The van der Waals surface area contributed by atoms with Crippen LogP contribution in [0.3, 0.4) is 0 Å². The molecule has 0 fully saturated rings. The number of amides is 1. The fraction of sp³-hybridized carbons (Fsp3) is 0.160. The summed E-state index contributed by atoms with van der Waals surface area (Å²) in [7, 11) is -2.64. The molecular weight excluding hydrogens is 454 g/mol. The lowest BCUT2D eigenvalue weighted by molar-refractivity contribution is -0.122. The van der Waals surface area contributed by atoms with Crippen molar-refractivity contribution in [2.75, 3.05) is 7.11 Å². The van der Waals surface area contributed by atoms with E-state index in [-0.39, 0.29) is 11.3 Å². The maximum Gasteiger partial charge on any atom is 0.337 e. The van der Waals surface area contributed by atoms with E-state index in [1.54, 1.807) is 36.4 Å². The van der Waals surface area contributed by atoms with Crippen molar-refractivity contribution in [3.8, 4) is 0 Å². The quantitative estimate of drug-likeness (QED) is 0.278. The zero-order chi connectivity index (χ0) is 24.6. The normalized spacial score (nSPS) is 12.3. The second-order valence-electron chi connectivity index (χ2n) is 7.52. The molecule has 0 saturated heterocycles. The Kier molecular flexibility index (Phi) is 8.29. The molecule has 1 atom stereocenters. The van der Waals surface area contributed by atoms with E-state index in [1.165, 1.54) is 25.5 Å². The number of rotatable bonds is 9. The Morgan fingerprint density at radius 3 is 2.24 bits per heavy atom. The molecule has 0 heterocycles. The van der Waals surface area contributed by atoms with E-state index in [9.17, 15) is 18.0 Å². The van der Waals surface area contributed by atoms with Crippen molar-refractivity contribution in [3.05, 3.63) is 101 Å². The minimum atomic E-state index is -3.94. The van der Waals surface area contributed by atoms with Crippen LogP contribution < -0.4 is 10.1 Å². The molecule has 0 aliphatic carbocycles. The van der Waals surface area contributed by atoms with Gasteiger partial charge in [-0.15, -0.1) is 0 Å². The highest BCUT2D eigenvalue weighted by Crippen LogP contribution is 2.12. The smallest absolute Gasteiger partial charge is 0.337 e. The van der Waals surface area contributed by atoms with Crippen molar-refractivity contribution in [3.63, 3.8) is 0 Å². The van der Waals surface area contributed by atoms with E-state index < -0.39 is 27.9 Å². The van der Waals surface area contributed by atoms with Crippen molar-refractivity contribution >= 4 is 28.1 Å². The summed E-state index contributed by atoms with van der Waals surface area (Å²) in [5, 5.41) is 3.94. The molecule has 0 radical (unpaired) electrons. The average molecular weight is 480 g/mol. The number of esters is 1. The Morgan fingerprint density at radius 2 is 1.62 bits per heavy atom. The molecule has 1 unspecified atom stereocenters. The summed E-state index contributed by atoms with van der Waals surface area (Å²) in [5.41, 5.74) is 5.12. The summed E-state index contributed by atoms with van der Waals surface area (Å²) in [4.78, 5) is 24.5. The maximum absolute atomic E-state index is 12.9. The first-order valence-electron chi connectivity index (χ1n) is 10.4. The average Bonchev–Trinajstić information content (AvgIpc) is 2.84. The van der Waals surface area contributed by atoms with Gasteiger partial charge in [-0.2, -0.15) is 9.82 Å². The molecule has 0 aromatic heterocycles. The van der Waals surface area contributed by atoms with E-state index in [1.807, 2.05) is 37.3 Å². The highest BCUT2D eigenvalue weighted by molar-refractivity contribution is 7.89. The van der Waals surface area contributed by atoms with Gasteiger partial charge in [0.1, 0.15) is 6.04 Å². The molecule has 1 amide bonds. The van der Waals surface area contributed by atoms with Gasteiger partial charge in [-0.05, 0) is 48.7 Å². The first-order chi connectivity index (χ1) is 16.3. The molecule has 0 bridgehead atoms. The molecule has 3 aromatic carbocycles. The standard InChI is InChI=1S/C25H25N3O5S/c1-18-8-14-22(15-9-18)34(31,32)28-23(16-19-6-4-3-5-7-19)24(29)27-26-17-20-10-12-21(13-11-20)25(30)33-2/h3-15,17,23,28H,16H2,1-2H3,(H,27,29)/b26-17+. The van der Waals surface area contributed by atoms with Gasteiger partial charge in [-0.3, -0.25) is 4.79 Å². The fourth-order valence-corrected chi connectivity index (χ4v) is 4.28. The molecule has 2 N–H and O–H groups in total. The van der Waals surface area contributed by atoms with Crippen molar-refractivity contribution < 1.29 is 22.7 Å². The van der Waals surface area contributed by atoms with Crippen LogP contribution >= 0.6 is 0 Å². The maximum atomic E-state index is 12.9. The van der Waals surface area contributed by atoms with Crippen LogP contribution in [0.1, 0.15) is 27.0 Å². The third-order valence-corrected chi connectivity index (χ3v) is 6.44. The highest BCUT2D eigenvalue weighted by atomic mass is 32.2. The van der Waals surface area contributed by atoms with E-state index in [2.05, 4.69) is 20.0 Å². The van der Waals surface area contributed by atoms with Crippen molar-refractivity contribution in [2.24, 2.45) is 5.10 Å². The van der Waals surface area contributed by atoms with Crippen LogP contribution in [-0.2, 0) is 26.0 Å². The SMILES string of the molecule is COC(=O)c1ccc(/C=N/NC(=O)C(Cc2ccccc2)NS(=O)(=O)c2ccc(C)cc2)cc1. The van der Waals surface area contributed by atoms with Gasteiger partial charge in [0, 0.05) is 0 Å². The third kappa shape index (κ3) is 6.84. The molecule has 8 nitrogen and oxygen atoms in total. The number of benzene rings is 3. The molecule has 0 saturated carbocycles. The monoisotopic (exact) mass is 479 g/mol. The van der Waals surface area contributed by atoms with Crippen LogP contribution in [0.2, 0.25) is 0 Å². The summed E-state index contributed by atoms with van der Waals surface area (Å²) in [6.07, 6.45) is 1.54. The van der Waals surface area contributed by atoms with Crippen molar-refractivity contribution in [2.45, 2.75) is 24.3 Å². The molecule has 3 rings (SSSR count). The number of methoxy groups -OCH3 is 1. The number of ether oxygens (including phenoxy) is 1. The Bertz CT molecular complexity index is 1260. The summed E-state index contributed by atoms with van der Waals surface area (Å²) in [6, 6.07) is 20.8. The number of nitrogens with one attached hydrogen (secondary N) is 2. The van der Waals surface area contributed by atoms with Crippen LogP contribution in [0.5, 0.6) is 0 Å². The summed E-state index contributed by atoms with van der Waals surface area (Å²) in [5.74, 6) is -1.07. The predicted octanol–water partition coefficient (Wildman–Crippen LogP) is 2.82. The molecule has 0 aliphatic rings. The zero-order valence-corrected chi connectivity index (χ0v) is 19.6. The number of sulfonamides is 1. The lowest BCUT2D eigenvalue weighted by Crippen LogP contribution is -2.46. The third-order valence-electron chi connectivity index (χ3n) is 4.95. The van der Waals surface area contributed by atoms with E-state index >= 15 is 0 Å².